The zero-order valence-electron chi connectivity index (χ0n) is 15.5. The Bertz CT molecular complexity index is 1100. The highest BCUT2D eigenvalue weighted by Crippen LogP contribution is 2.40. The molecule has 28 heavy (non-hydrogen) atoms. The Hall–Kier alpha value is -2.55. The number of carbonyl (C=O) groups is 1. The van der Waals surface area contributed by atoms with Crippen LogP contribution in [0.25, 0.3) is 21.6 Å². The van der Waals surface area contributed by atoms with E-state index in [1.54, 1.807) is 30.3 Å². The second-order valence-electron chi connectivity index (χ2n) is 6.16. The summed E-state index contributed by atoms with van der Waals surface area (Å²) in [6, 6.07) is 14.1. The minimum Gasteiger partial charge on any atom is -0.465 e. The highest BCUT2D eigenvalue weighted by Gasteiger charge is 2.20. The summed E-state index contributed by atoms with van der Waals surface area (Å²) in [4.78, 5) is 13.3. The van der Waals surface area contributed by atoms with Crippen LogP contribution in [0.15, 0.2) is 59.5 Å². The normalized spacial score (nSPS) is 11.6. The first-order valence-electron chi connectivity index (χ1n) is 8.25. The second-order valence-corrected chi connectivity index (χ2v) is 9.37. The van der Waals surface area contributed by atoms with Gasteiger partial charge in [-0.15, -0.1) is 11.3 Å². The van der Waals surface area contributed by atoms with Crippen LogP contribution < -0.4 is 0 Å². The SMILES string of the molecule is COC(=O)c1cc(-c2ccc(S(=O)(=O)N(C)C)cc2)c(-c2ccc(F)cc2)s1. The van der Waals surface area contributed by atoms with E-state index in [1.165, 1.54) is 56.8 Å². The number of hydrogen-bond donors (Lipinski definition) is 0. The zero-order valence-corrected chi connectivity index (χ0v) is 17.1. The van der Waals surface area contributed by atoms with Crippen molar-refractivity contribution in [3.8, 4) is 21.6 Å². The van der Waals surface area contributed by atoms with Crippen molar-refractivity contribution in [3.05, 3.63) is 65.3 Å². The van der Waals surface area contributed by atoms with Crippen LogP contribution in [-0.4, -0.2) is 39.9 Å². The molecule has 0 radical (unpaired) electrons. The topological polar surface area (TPSA) is 63.7 Å². The standard InChI is InChI=1S/C20H18FNO4S2/c1-22(2)28(24,25)16-10-6-13(7-11-16)17-12-18(20(23)26-3)27-19(17)14-4-8-15(21)9-5-14/h4-12H,1-3H3. The van der Waals surface area contributed by atoms with Gasteiger partial charge in [-0.05, 0) is 41.5 Å². The van der Waals surface area contributed by atoms with E-state index in [-0.39, 0.29) is 10.7 Å². The molecule has 0 saturated carbocycles. The molecule has 0 bridgehead atoms. The van der Waals surface area contributed by atoms with E-state index in [0.29, 0.717) is 4.88 Å². The van der Waals surface area contributed by atoms with Gasteiger partial charge in [0, 0.05) is 24.5 Å². The Morgan fingerprint density at radius 2 is 1.57 bits per heavy atom. The van der Waals surface area contributed by atoms with E-state index in [4.69, 9.17) is 4.74 Å². The summed E-state index contributed by atoms with van der Waals surface area (Å²) in [5.74, 6) is -0.820. The van der Waals surface area contributed by atoms with Crippen molar-refractivity contribution < 1.29 is 22.3 Å². The fourth-order valence-electron chi connectivity index (χ4n) is 2.64. The van der Waals surface area contributed by atoms with Crippen LogP contribution in [0.3, 0.4) is 0 Å². The number of nitrogens with zero attached hydrogens (tertiary/aromatic N) is 1. The Morgan fingerprint density at radius 3 is 2.11 bits per heavy atom. The van der Waals surface area contributed by atoms with Crippen LogP contribution in [0.4, 0.5) is 4.39 Å². The van der Waals surface area contributed by atoms with Gasteiger partial charge in [-0.2, -0.15) is 0 Å². The first kappa shape index (κ1) is 20.2. The molecule has 3 aromatic rings. The summed E-state index contributed by atoms with van der Waals surface area (Å²) in [6.07, 6.45) is 0. The number of thiophene rings is 1. The van der Waals surface area contributed by atoms with E-state index >= 15 is 0 Å². The van der Waals surface area contributed by atoms with Crippen LogP contribution in [0, 0.1) is 5.82 Å². The number of benzene rings is 2. The van der Waals surface area contributed by atoms with Crippen molar-refractivity contribution in [3.63, 3.8) is 0 Å². The van der Waals surface area contributed by atoms with Gasteiger partial charge in [0.05, 0.1) is 12.0 Å². The lowest BCUT2D eigenvalue weighted by molar-refractivity contribution is 0.0606. The predicted octanol–water partition coefficient (Wildman–Crippen LogP) is 4.26. The summed E-state index contributed by atoms with van der Waals surface area (Å²) < 4.78 is 43.8. The number of esters is 1. The van der Waals surface area contributed by atoms with Gasteiger partial charge < -0.3 is 4.74 Å². The van der Waals surface area contributed by atoms with Gasteiger partial charge in [-0.1, -0.05) is 24.3 Å². The smallest absolute Gasteiger partial charge is 0.348 e. The first-order chi connectivity index (χ1) is 13.2. The fourth-order valence-corrected chi connectivity index (χ4v) is 4.65. The van der Waals surface area contributed by atoms with Crippen LogP contribution in [-0.2, 0) is 14.8 Å². The molecule has 146 valence electrons. The quantitative estimate of drug-likeness (QED) is 0.580. The molecule has 0 unspecified atom stereocenters. The molecule has 3 rings (SSSR count). The molecule has 0 atom stereocenters. The molecule has 0 aliphatic heterocycles. The Labute approximate surface area is 167 Å². The first-order valence-corrected chi connectivity index (χ1v) is 10.5. The number of sulfonamides is 1. The third-order valence-electron chi connectivity index (χ3n) is 4.17. The van der Waals surface area contributed by atoms with Gasteiger partial charge in [0.15, 0.2) is 0 Å². The van der Waals surface area contributed by atoms with Crippen LogP contribution in [0.1, 0.15) is 9.67 Å². The largest absolute Gasteiger partial charge is 0.465 e. The van der Waals surface area contributed by atoms with E-state index in [0.717, 1.165) is 25.9 Å². The number of ether oxygens (including phenoxy) is 1. The third-order valence-corrected chi connectivity index (χ3v) is 7.16. The maximum atomic E-state index is 13.3. The predicted molar refractivity (Wildman–Crippen MR) is 107 cm³/mol. The third kappa shape index (κ3) is 3.84. The highest BCUT2D eigenvalue weighted by molar-refractivity contribution is 7.89. The van der Waals surface area contributed by atoms with Crippen LogP contribution >= 0.6 is 11.3 Å². The molecule has 8 heteroatoms. The highest BCUT2D eigenvalue weighted by atomic mass is 32.2. The lowest BCUT2D eigenvalue weighted by Gasteiger charge is -2.12. The van der Waals surface area contributed by atoms with E-state index in [2.05, 4.69) is 0 Å². The molecule has 5 nitrogen and oxygen atoms in total. The second kappa shape index (κ2) is 7.83. The van der Waals surface area contributed by atoms with Crippen molar-refractivity contribution in [2.75, 3.05) is 21.2 Å². The molecule has 2 aromatic carbocycles. The van der Waals surface area contributed by atoms with Crippen LogP contribution in [0.5, 0.6) is 0 Å². The van der Waals surface area contributed by atoms with Gasteiger partial charge >= 0.3 is 5.97 Å². The van der Waals surface area contributed by atoms with Crippen molar-refractivity contribution in [2.24, 2.45) is 0 Å². The van der Waals surface area contributed by atoms with Gasteiger partial charge in [0.25, 0.3) is 0 Å². The molecule has 0 amide bonds. The molecular weight excluding hydrogens is 401 g/mol. The van der Waals surface area contributed by atoms with E-state index < -0.39 is 16.0 Å². The van der Waals surface area contributed by atoms with Gasteiger partial charge in [-0.25, -0.2) is 21.9 Å². The maximum Gasteiger partial charge on any atom is 0.348 e. The summed E-state index contributed by atoms with van der Waals surface area (Å²) in [5, 5.41) is 0. The Morgan fingerprint density at radius 1 is 1.00 bits per heavy atom. The number of rotatable bonds is 5. The molecule has 0 spiro atoms. The minimum absolute atomic E-state index is 0.174. The molecule has 0 N–H and O–H groups in total. The number of carbonyl (C=O) groups excluding carboxylic acids is 1. The average molecular weight is 419 g/mol. The average Bonchev–Trinajstić information content (AvgIpc) is 3.13. The summed E-state index contributed by atoms with van der Waals surface area (Å²) >= 11 is 1.24. The minimum atomic E-state index is -3.53. The maximum absolute atomic E-state index is 13.3. The van der Waals surface area contributed by atoms with Gasteiger partial charge in [-0.3, -0.25) is 0 Å². The lowest BCUT2D eigenvalue weighted by Crippen LogP contribution is -2.22. The van der Waals surface area contributed by atoms with E-state index in [9.17, 15) is 17.6 Å². The summed E-state index contributed by atoms with van der Waals surface area (Å²) in [6.45, 7) is 0. The molecule has 0 fully saturated rings. The lowest BCUT2D eigenvalue weighted by atomic mass is 10.0. The van der Waals surface area contributed by atoms with Crippen molar-refractivity contribution in [1.82, 2.24) is 4.31 Å². The van der Waals surface area contributed by atoms with Crippen LogP contribution in [0.2, 0.25) is 0 Å². The fraction of sp³-hybridized carbons (Fsp3) is 0.150. The van der Waals surface area contributed by atoms with Gasteiger partial charge in [0.1, 0.15) is 10.7 Å². The molecular formula is C20H18FNO4S2. The Kier molecular flexibility index (Phi) is 5.64. The number of methoxy groups -OCH3 is 1. The number of halogens is 1. The van der Waals surface area contributed by atoms with Crippen molar-refractivity contribution in [1.29, 1.82) is 0 Å². The monoisotopic (exact) mass is 419 g/mol. The molecule has 1 aromatic heterocycles. The molecule has 1 heterocycles. The Balaban J connectivity index is 2.11. The summed E-state index contributed by atoms with van der Waals surface area (Å²) in [5.41, 5.74) is 2.23. The molecule has 0 saturated heterocycles. The van der Waals surface area contributed by atoms with E-state index in [1.807, 2.05) is 0 Å². The van der Waals surface area contributed by atoms with Gasteiger partial charge in [0.2, 0.25) is 10.0 Å². The van der Waals surface area contributed by atoms with Crippen molar-refractivity contribution in [2.45, 2.75) is 4.90 Å². The number of hydrogen-bond acceptors (Lipinski definition) is 5. The molecule has 0 aliphatic rings. The van der Waals surface area contributed by atoms with Crippen molar-refractivity contribution >= 4 is 27.3 Å². The summed E-state index contributed by atoms with van der Waals surface area (Å²) in [7, 11) is 0.710. The molecule has 0 aliphatic carbocycles. The zero-order chi connectivity index (χ0) is 20.5.